The number of rotatable bonds is 5. The number of aryl methyl sites for hydroxylation is 1. The molecule has 0 aliphatic heterocycles. The first-order valence-electron chi connectivity index (χ1n) is 6.06. The molecular weight excluding hydrogens is 250 g/mol. The third-order valence-electron chi connectivity index (χ3n) is 2.99. The molecule has 102 valence electrons. The average Bonchev–Trinajstić information content (AvgIpc) is 2.84. The number of hydrogen-bond donors (Lipinski definition) is 2. The molecule has 19 heavy (non-hydrogen) atoms. The first kappa shape index (κ1) is 13.6. The fourth-order valence-electron chi connectivity index (χ4n) is 1.96. The summed E-state index contributed by atoms with van der Waals surface area (Å²) < 4.78 is 28.4. The zero-order chi connectivity index (χ0) is 13.8. The van der Waals surface area contributed by atoms with Crippen molar-refractivity contribution in [2.75, 3.05) is 0 Å². The van der Waals surface area contributed by atoms with Crippen molar-refractivity contribution in [1.29, 1.82) is 0 Å². The molecule has 0 bridgehead atoms. The summed E-state index contributed by atoms with van der Waals surface area (Å²) in [7, 11) is 0. The van der Waals surface area contributed by atoms with Gasteiger partial charge in [-0.15, -0.1) is 0 Å². The molecule has 1 aromatic carbocycles. The molecule has 2 rings (SSSR count). The molecule has 4 nitrogen and oxygen atoms in total. The van der Waals surface area contributed by atoms with Gasteiger partial charge in [-0.3, -0.25) is 16.0 Å². The topological polar surface area (TPSA) is 55.9 Å². The highest BCUT2D eigenvalue weighted by atomic mass is 19.1. The van der Waals surface area contributed by atoms with Crippen LogP contribution in [0.4, 0.5) is 8.78 Å². The lowest BCUT2D eigenvalue weighted by Crippen LogP contribution is -2.30. The Morgan fingerprint density at radius 3 is 2.79 bits per heavy atom. The summed E-state index contributed by atoms with van der Waals surface area (Å²) in [6, 6.07) is 3.06. The number of halogens is 2. The number of nitrogens with zero attached hydrogens (tertiary/aromatic N) is 2. The molecular formula is C13H16F2N4. The first-order valence-corrected chi connectivity index (χ1v) is 6.06. The third-order valence-corrected chi connectivity index (χ3v) is 2.99. The van der Waals surface area contributed by atoms with E-state index in [1.165, 1.54) is 12.1 Å². The summed E-state index contributed by atoms with van der Waals surface area (Å²) in [6.45, 7) is 2.75. The van der Waals surface area contributed by atoms with Gasteiger partial charge in [0.2, 0.25) is 0 Å². The SMILES string of the molecule is CCn1cc(CC(NN)c2ccc(F)cc2F)cn1. The fourth-order valence-corrected chi connectivity index (χ4v) is 1.96. The van der Waals surface area contributed by atoms with E-state index in [1.807, 2.05) is 13.1 Å². The summed E-state index contributed by atoms with van der Waals surface area (Å²) in [5, 5.41) is 4.15. The fraction of sp³-hybridized carbons (Fsp3) is 0.308. The average molecular weight is 266 g/mol. The molecule has 1 heterocycles. The smallest absolute Gasteiger partial charge is 0.130 e. The molecule has 0 spiro atoms. The van der Waals surface area contributed by atoms with Crippen molar-refractivity contribution in [3.05, 3.63) is 53.4 Å². The quantitative estimate of drug-likeness (QED) is 0.642. The van der Waals surface area contributed by atoms with Crippen LogP contribution in [0.15, 0.2) is 30.6 Å². The van der Waals surface area contributed by atoms with Crippen molar-refractivity contribution in [3.8, 4) is 0 Å². The highest BCUT2D eigenvalue weighted by molar-refractivity contribution is 5.24. The van der Waals surface area contributed by atoms with E-state index in [4.69, 9.17) is 5.84 Å². The van der Waals surface area contributed by atoms with Crippen LogP contribution in [0, 0.1) is 11.6 Å². The van der Waals surface area contributed by atoms with Gasteiger partial charge in [0.25, 0.3) is 0 Å². The van der Waals surface area contributed by atoms with Gasteiger partial charge in [0.1, 0.15) is 11.6 Å². The Morgan fingerprint density at radius 2 is 2.21 bits per heavy atom. The second kappa shape index (κ2) is 5.90. The minimum Gasteiger partial charge on any atom is -0.273 e. The number of hydrazine groups is 1. The minimum absolute atomic E-state index is 0.341. The normalized spacial score (nSPS) is 12.6. The van der Waals surface area contributed by atoms with Crippen molar-refractivity contribution in [2.24, 2.45) is 5.84 Å². The van der Waals surface area contributed by atoms with Gasteiger partial charge in [0.05, 0.1) is 12.2 Å². The van der Waals surface area contributed by atoms with Gasteiger partial charge >= 0.3 is 0 Å². The molecule has 1 aromatic heterocycles. The van der Waals surface area contributed by atoms with Gasteiger partial charge in [-0.05, 0) is 25.0 Å². The number of nitrogens with two attached hydrogens (primary N) is 1. The van der Waals surface area contributed by atoms with Crippen molar-refractivity contribution in [3.63, 3.8) is 0 Å². The van der Waals surface area contributed by atoms with E-state index >= 15 is 0 Å². The van der Waals surface area contributed by atoms with Crippen molar-refractivity contribution in [1.82, 2.24) is 15.2 Å². The Balaban J connectivity index is 2.19. The number of benzene rings is 1. The van der Waals surface area contributed by atoms with Crippen LogP contribution < -0.4 is 11.3 Å². The summed E-state index contributed by atoms with van der Waals surface area (Å²) >= 11 is 0. The van der Waals surface area contributed by atoms with Crippen LogP contribution in [0.5, 0.6) is 0 Å². The Bertz CT molecular complexity index is 553. The second-order valence-electron chi connectivity index (χ2n) is 4.29. The van der Waals surface area contributed by atoms with Gasteiger partial charge in [0.15, 0.2) is 0 Å². The Hall–Kier alpha value is -1.79. The number of nitrogens with one attached hydrogen (secondary N) is 1. The van der Waals surface area contributed by atoms with Crippen molar-refractivity contribution in [2.45, 2.75) is 25.9 Å². The molecule has 0 saturated heterocycles. The van der Waals surface area contributed by atoms with Crippen LogP contribution in [0.2, 0.25) is 0 Å². The zero-order valence-corrected chi connectivity index (χ0v) is 10.6. The predicted molar refractivity (Wildman–Crippen MR) is 68.0 cm³/mol. The van der Waals surface area contributed by atoms with E-state index in [9.17, 15) is 8.78 Å². The summed E-state index contributed by atoms with van der Waals surface area (Å²) in [5.41, 5.74) is 3.83. The largest absolute Gasteiger partial charge is 0.273 e. The van der Waals surface area contributed by atoms with E-state index in [-0.39, 0.29) is 0 Å². The maximum Gasteiger partial charge on any atom is 0.130 e. The molecule has 1 unspecified atom stereocenters. The summed E-state index contributed by atoms with van der Waals surface area (Å²) in [5.74, 6) is 4.25. The Morgan fingerprint density at radius 1 is 1.42 bits per heavy atom. The van der Waals surface area contributed by atoms with Crippen LogP contribution in [-0.4, -0.2) is 9.78 Å². The highest BCUT2D eigenvalue weighted by Crippen LogP contribution is 2.21. The third kappa shape index (κ3) is 3.15. The van der Waals surface area contributed by atoms with Gasteiger partial charge in [-0.1, -0.05) is 6.07 Å². The molecule has 0 amide bonds. The summed E-state index contributed by atoms with van der Waals surface area (Å²) in [4.78, 5) is 0. The lowest BCUT2D eigenvalue weighted by atomic mass is 10.0. The molecule has 3 N–H and O–H groups in total. The summed E-state index contributed by atoms with van der Waals surface area (Å²) in [6.07, 6.45) is 4.08. The lowest BCUT2D eigenvalue weighted by Gasteiger charge is -2.16. The highest BCUT2D eigenvalue weighted by Gasteiger charge is 2.16. The standard InChI is InChI=1S/C13H16F2N4/c1-2-19-8-9(7-17-19)5-13(18-16)11-4-3-10(14)6-12(11)15/h3-4,6-8,13,18H,2,5,16H2,1H3. The zero-order valence-electron chi connectivity index (χ0n) is 10.6. The van der Waals surface area contributed by atoms with Crippen LogP contribution in [0.25, 0.3) is 0 Å². The number of hydrogen-bond acceptors (Lipinski definition) is 3. The van der Waals surface area contributed by atoms with Gasteiger partial charge < -0.3 is 0 Å². The molecule has 0 fully saturated rings. The minimum atomic E-state index is -0.606. The van der Waals surface area contributed by atoms with Crippen LogP contribution in [-0.2, 0) is 13.0 Å². The van der Waals surface area contributed by atoms with Crippen LogP contribution >= 0.6 is 0 Å². The maximum absolute atomic E-state index is 13.7. The van der Waals surface area contributed by atoms with Crippen molar-refractivity contribution < 1.29 is 8.78 Å². The van der Waals surface area contributed by atoms with E-state index in [0.29, 0.717) is 12.0 Å². The predicted octanol–water partition coefficient (Wildman–Crippen LogP) is 1.93. The Labute approximate surface area is 110 Å². The van der Waals surface area contributed by atoms with E-state index in [2.05, 4.69) is 10.5 Å². The lowest BCUT2D eigenvalue weighted by molar-refractivity contribution is 0.502. The van der Waals surface area contributed by atoms with Gasteiger partial charge in [-0.2, -0.15) is 5.10 Å². The van der Waals surface area contributed by atoms with E-state index in [1.54, 1.807) is 10.9 Å². The molecule has 6 heteroatoms. The first-order chi connectivity index (χ1) is 9.13. The molecule has 0 saturated carbocycles. The van der Waals surface area contributed by atoms with E-state index < -0.39 is 17.7 Å². The maximum atomic E-state index is 13.7. The molecule has 0 aliphatic carbocycles. The Kier molecular flexibility index (Phi) is 4.24. The molecule has 0 radical (unpaired) electrons. The van der Waals surface area contributed by atoms with E-state index in [0.717, 1.165) is 18.2 Å². The van der Waals surface area contributed by atoms with Crippen LogP contribution in [0.3, 0.4) is 0 Å². The second-order valence-corrected chi connectivity index (χ2v) is 4.29. The molecule has 1 atom stereocenters. The molecule has 2 aromatic rings. The monoisotopic (exact) mass is 266 g/mol. The van der Waals surface area contributed by atoms with Gasteiger partial charge in [0, 0.05) is 24.4 Å². The van der Waals surface area contributed by atoms with Crippen molar-refractivity contribution >= 4 is 0 Å². The van der Waals surface area contributed by atoms with Crippen LogP contribution in [0.1, 0.15) is 24.1 Å². The number of aromatic nitrogens is 2. The molecule has 0 aliphatic rings. The van der Waals surface area contributed by atoms with Gasteiger partial charge in [-0.25, -0.2) is 8.78 Å².